The average molecular weight is 474 g/mol. The second-order valence-corrected chi connectivity index (χ2v) is 9.73. The first-order valence-corrected chi connectivity index (χ1v) is 12.2. The molecule has 1 amide bonds. The first-order chi connectivity index (χ1) is 15.9. The van der Waals surface area contributed by atoms with Gasteiger partial charge in [-0.2, -0.15) is 4.31 Å². The van der Waals surface area contributed by atoms with E-state index in [0.717, 1.165) is 18.4 Å². The van der Waals surface area contributed by atoms with E-state index in [9.17, 15) is 13.2 Å². The standard InChI is InChI=1S/C22H27N5O5S/c1-31-20-10-7-16(14-21(20)32-2)23-22(28)6-5-13-27-19-9-8-17(15-18(19)24-25-27)33(29,30)26-11-3-4-12-26/h7-10,14-15H,3-6,11-13H2,1-2H3,(H,23,28). The lowest BCUT2D eigenvalue weighted by molar-refractivity contribution is -0.116. The summed E-state index contributed by atoms with van der Waals surface area (Å²) in [6.07, 6.45) is 2.61. The number of hydrogen-bond donors (Lipinski definition) is 1. The van der Waals surface area contributed by atoms with Gasteiger partial charge in [-0.15, -0.1) is 5.10 Å². The van der Waals surface area contributed by atoms with Crippen LogP contribution in [0.4, 0.5) is 5.69 Å². The third kappa shape index (κ3) is 4.93. The van der Waals surface area contributed by atoms with Gasteiger partial charge in [-0.3, -0.25) is 4.79 Å². The number of rotatable bonds is 9. The van der Waals surface area contributed by atoms with E-state index >= 15 is 0 Å². The van der Waals surface area contributed by atoms with Crippen molar-refractivity contribution >= 4 is 32.7 Å². The molecule has 1 aromatic heterocycles. The summed E-state index contributed by atoms with van der Waals surface area (Å²) >= 11 is 0. The number of anilines is 1. The van der Waals surface area contributed by atoms with Crippen molar-refractivity contribution in [1.82, 2.24) is 19.3 Å². The predicted octanol–water partition coefficient (Wildman–Crippen LogP) is 2.65. The van der Waals surface area contributed by atoms with Crippen molar-refractivity contribution in [3.05, 3.63) is 36.4 Å². The molecule has 3 aromatic rings. The number of sulfonamides is 1. The molecule has 1 aliphatic heterocycles. The summed E-state index contributed by atoms with van der Waals surface area (Å²) < 4.78 is 39.2. The molecule has 33 heavy (non-hydrogen) atoms. The molecular formula is C22H27N5O5S. The zero-order chi connectivity index (χ0) is 23.4. The lowest BCUT2D eigenvalue weighted by Gasteiger charge is -2.15. The van der Waals surface area contributed by atoms with E-state index in [4.69, 9.17) is 9.47 Å². The number of ether oxygens (including phenoxy) is 2. The van der Waals surface area contributed by atoms with Gasteiger partial charge in [0.05, 0.1) is 24.6 Å². The summed E-state index contributed by atoms with van der Waals surface area (Å²) in [4.78, 5) is 12.6. The van der Waals surface area contributed by atoms with Crippen molar-refractivity contribution in [2.75, 3.05) is 32.6 Å². The van der Waals surface area contributed by atoms with Crippen LogP contribution in [0.5, 0.6) is 11.5 Å². The molecule has 4 rings (SSSR count). The van der Waals surface area contributed by atoms with Crippen molar-refractivity contribution < 1.29 is 22.7 Å². The van der Waals surface area contributed by atoms with Crippen molar-refractivity contribution in [2.24, 2.45) is 0 Å². The summed E-state index contributed by atoms with van der Waals surface area (Å²) in [7, 11) is -0.411. The molecule has 0 saturated carbocycles. The highest BCUT2D eigenvalue weighted by molar-refractivity contribution is 7.89. The van der Waals surface area contributed by atoms with Crippen LogP contribution in [-0.4, -0.2) is 60.9 Å². The van der Waals surface area contributed by atoms with E-state index in [0.29, 0.717) is 48.8 Å². The monoisotopic (exact) mass is 473 g/mol. The number of carbonyl (C=O) groups excluding carboxylic acids is 1. The minimum absolute atomic E-state index is 0.134. The highest BCUT2D eigenvalue weighted by atomic mass is 32.2. The average Bonchev–Trinajstić information content (AvgIpc) is 3.49. The lowest BCUT2D eigenvalue weighted by atomic mass is 10.2. The molecule has 0 spiro atoms. The largest absolute Gasteiger partial charge is 0.493 e. The van der Waals surface area contributed by atoms with E-state index in [-0.39, 0.29) is 17.2 Å². The fourth-order valence-corrected chi connectivity index (χ4v) is 5.42. The van der Waals surface area contributed by atoms with E-state index in [1.54, 1.807) is 48.2 Å². The molecule has 1 N–H and O–H groups in total. The second-order valence-electron chi connectivity index (χ2n) is 7.80. The zero-order valence-electron chi connectivity index (χ0n) is 18.7. The topological polar surface area (TPSA) is 116 Å². The fourth-order valence-electron chi connectivity index (χ4n) is 3.88. The highest BCUT2D eigenvalue weighted by Crippen LogP contribution is 2.30. The van der Waals surface area contributed by atoms with Crippen LogP contribution >= 0.6 is 0 Å². The number of aromatic nitrogens is 3. The van der Waals surface area contributed by atoms with Crippen LogP contribution in [0, 0.1) is 0 Å². The molecule has 11 heteroatoms. The molecule has 1 saturated heterocycles. The summed E-state index contributed by atoms with van der Waals surface area (Å²) in [5.41, 5.74) is 1.87. The third-order valence-corrected chi connectivity index (χ3v) is 7.52. The number of fused-ring (bicyclic) bond motifs is 1. The number of amides is 1. The van der Waals surface area contributed by atoms with Gasteiger partial charge in [-0.05, 0) is 49.6 Å². The smallest absolute Gasteiger partial charge is 0.243 e. The summed E-state index contributed by atoms with van der Waals surface area (Å²) in [6.45, 7) is 1.59. The Bertz CT molecular complexity index is 1250. The number of nitrogens with one attached hydrogen (secondary N) is 1. The van der Waals surface area contributed by atoms with E-state index in [1.807, 2.05) is 0 Å². The van der Waals surface area contributed by atoms with Crippen molar-refractivity contribution in [1.29, 1.82) is 0 Å². The molecule has 176 valence electrons. The maximum Gasteiger partial charge on any atom is 0.243 e. The predicted molar refractivity (Wildman–Crippen MR) is 123 cm³/mol. The number of carbonyl (C=O) groups is 1. The van der Waals surface area contributed by atoms with Gasteiger partial charge in [0.2, 0.25) is 15.9 Å². The van der Waals surface area contributed by atoms with Crippen LogP contribution < -0.4 is 14.8 Å². The van der Waals surface area contributed by atoms with Crippen molar-refractivity contribution in [3.8, 4) is 11.5 Å². The van der Waals surface area contributed by atoms with Gasteiger partial charge >= 0.3 is 0 Å². The van der Waals surface area contributed by atoms with Gasteiger partial charge in [0.15, 0.2) is 11.5 Å². The molecule has 2 aromatic carbocycles. The second kappa shape index (κ2) is 9.75. The SMILES string of the molecule is COc1ccc(NC(=O)CCCn2nnc3cc(S(=O)(=O)N4CCCC4)ccc32)cc1OC. The Balaban J connectivity index is 1.36. The Labute approximate surface area is 192 Å². The van der Waals surface area contributed by atoms with Gasteiger partial charge < -0.3 is 14.8 Å². The fraction of sp³-hybridized carbons (Fsp3) is 0.409. The number of methoxy groups -OCH3 is 2. The molecule has 1 fully saturated rings. The molecule has 1 aliphatic rings. The van der Waals surface area contributed by atoms with Crippen molar-refractivity contribution in [2.45, 2.75) is 37.1 Å². The minimum atomic E-state index is -3.50. The number of hydrogen-bond acceptors (Lipinski definition) is 7. The quantitative estimate of drug-likeness (QED) is 0.508. The van der Waals surface area contributed by atoms with Crippen LogP contribution in [0.15, 0.2) is 41.3 Å². The number of nitrogens with zero attached hydrogens (tertiary/aromatic N) is 4. The summed E-state index contributed by atoms with van der Waals surface area (Å²) in [6, 6.07) is 10.1. The van der Waals surface area contributed by atoms with Gasteiger partial charge in [-0.1, -0.05) is 5.21 Å². The first kappa shape index (κ1) is 23.0. The van der Waals surface area contributed by atoms with Crippen molar-refractivity contribution in [3.63, 3.8) is 0 Å². The molecule has 0 unspecified atom stereocenters. The molecule has 0 radical (unpaired) electrons. The molecule has 2 heterocycles. The number of aryl methyl sites for hydroxylation is 1. The normalized spacial score (nSPS) is 14.5. The third-order valence-electron chi connectivity index (χ3n) is 5.63. The molecular weight excluding hydrogens is 446 g/mol. The Morgan fingerprint density at radius 3 is 2.55 bits per heavy atom. The molecule has 0 bridgehead atoms. The molecule has 0 atom stereocenters. The van der Waals surface area contributed by atoms with Crippen LogP contribution in [0.3, 0.4) is 0 Å². The van der Waals surface area contributed by atoms with Crippen LogP contribution in [0.1, 0.15) is 25.7 Å². The maximum absolute atomic E-state index is 12.8. The first-order valence-electron chi connectivity index (χ1n) is 10.8. The number of benzene rings is 2. The Kier molecular flexibility index (Phi) is 6.80. The molecule has 0 aliphatic carbocycles. The Hall–Kier alpha value is -3.18. The van der Waals surface area contributed by atoms with Crippen LogP contribution in [0.25, 0.3) is 11.0 Å². The lowest BCUT2D eigenvalue weighted by Crippen LogP contribution is -2.27. The summed E-state index contributed by atoms with van der Waals surface area (Å²) in [5.74, 6) is 0.992. The maximum atomic E-state index is 12.8. The van der Waals surface area contributed by atoms with Gasteiger partial charge in [0.25, 0.3) is 0 Å². The highest BCUT2D eigenvalue weighted by Gasteiger charge is 2.27. The minimum Gasteiger partial charge on any atom is -0.493 e. The zero-order valence-corrected chi connectivity index (χ0v) is 19.5. The Morgan fingerprint density at radius 1 is 1.06 bits per heavy atom. The Morgan fingerprint density at radius 2 is 1.82 bits per heavy atom. The van der Waals surface area contributed by atoms with Crippen LogP contribution in [-0.2, 0) is 21.4 Å². The van der Waals surface area contributed by atoms with Gasteiger partial charge in [0.1, 0.15) is 5.52 Å². The van der Waals surface area contributed by atoms with Gasteiger partial charge in [-0.25, -0.2) is 13.1 Å². The molecule has 10 nitrogen and oxygen atoms in total. The summed E-state index contributed by atoms with van der Waals surface area (Å²) in [5, 5.41) is 11.1. The van der Waals surface area contributed by atoms with Gasteiger partial charge in [0, 0.05) is 37.8 Å². The van der Waals surface area contributed by atoms with E-state index in [1.165, 1.54) is 11.4 Å². The van der Waals surface area contributed by atoms with E-state index < -0.39 is 10.0 Å². The van der Waals surface area contributed by atoms with E-state index in [2.05, 4.69) is 15.6 Å². The van der Waals surface area contributed by atoms with Crippen LogP contribution in [0.2, 0.25) is 0 Å².